The van der Waals surface area contributed by atoms with Crippen LogP contribution in [0.15, 0.2) is 48.5 Å². The van der Waals surface area contributed by atoms with Crippen LogP contribution in [0.25, 0.3) is 22.1 Å². The minimum Gasteiger partial charge on any atom is -0.283 e. The van der Waals surface area contributed by atoms with E-state index in [-0.39, 0.29) is 0 Å². The maximum atomic E-state index is 10.0. The first kappa shape index (κ1) is 8.91. The van der Waals surface area contributed by atoms with Crippen LogP contribution in [0.2, 0.25) is 0 Å². The molecule has 0 fully saturated rings. The van der Waals surface area contributed by atoms with Gasteiger partial charge in [-0.15, -0.1) is 0 Å². The van der Waals surface area contributed by atoms with E-state index in [1.165, 1.54) is 0 Å². The van der Waals surface area contributed by atoms with Gasteiger partial charge in [-0.1, -0.05) is 24.3 Å². The van der Waals surface area contributed by atoms with Gasteiger partial charge >= 0.3 is 22.1 Å². The molecule has 16 heavy (non-hydrogen) atoms. The fraction of sp³-hybridized carbons (Fsp3) is 0. The van der Waals surface area contributed by atoms with E-state index in [9.17, 15) is 10.4 Å². The van der Waals surface area contributed by atoms with Gasteiger partial charge in [-0.25, -0.2) is 0 Å². The third kappa shape index (κ3) is 1.04. The maximum Gasteiger partial charge on any atom is 0.333 e. The van der Waals surface area contributed by atoms with Crippen molar-refractivity contribution in [1.29, 1.82) is 0 Å². The fourth-order valence-corrected chi connectivity index (χ4v) is 1.90. The first-order valence-electron chi connectivity index (χ1n) is 4.95. The monoisotopic (exact) mass is 214 g/mol. The van der Waals surface area contributed by atoms with Gasteiger partial charge in [0.2, 0.25) is 0 Å². The van der Waals surface area contributed by atoms with Gasteiger partial charge in [-0.2, -0.15) is 0 Å². The molecule has 3 aromatic rings. The summed E-state index contributed by atoms with van der Waals surface area (Å²) in [5.41, 5.74) is 2.24. The molecule has 1 aromatic heterocycles. The van der Waals surface area contributed by atoms with Crippen LogP contribution in [-0.2, 0) is 0 Å². The Hall–Kier alpha value is -2.36. The maximum absolute atomic E-state index is 10.0. The third-order valence-electron chi connectivity index (χ3n) is 2.68. The molecule has 0 atom stereocenters. The molecule has 2 N–H and O–H groups in total. The molecule has 0 aliphatic heterocycles. The molecular weight excluding hydrogens is 204 g/mol. The van der Waals surface area contributed by atoms with E-state index in [2.05, 4.69) is 0 Å². The summed E-state index contributed by atoms with van der Waals surface area (Å²) >= 11 is 0. The molecule has 1 heterocycles. The molecule has 0 unspecified atom stereocenters. The van der Waals surface area contributed by atoms with Gasteiger partial charge in [0.15, 0.2) is 0 Å². The molecule has 3 rings (SSSR count). The molecule has 0 spiro atoms. The topological polar surface area (TPSA) is 48.2 Å². The van der Waals surface area contributed by atoms with Crippen LogP contribution < -0.4 is 9.46 Å². The highest BCUT2D eigenvalue weighted by Gasteiger charge is 2.26. The number of hydrogen-bond donors (Lipinski definition) is 2. The molecule has 0 aliphatic carbocycles. The lowest BCUT2D eigenvalue weighted by atomic mass is 10.2. The van der Waals surface area contributed by atoms with E-state index in [1.54, 1.807) is 24.3 Å². The molecule has 4 nitrogen and oxygen atoms in total. The second-order valence-electron chi connectivity index (χ2n) is 3.60. The van der Waals surface area contributed by atoms with E-state index >= 15 is 0 Å². The average molecular weight is 214 g/mol. The van der Waals surface area contributed by atoms with Crippen molar-refractivity contribution in [2.75, 3.05) is 0 Å². The van der Waals surface area contributed by atoms with Crippen LogP contribution in [0.5, 0.6) is 0 Å². The van der Waals surface area contributed by atoms with Crippen molar-refractivity contribution in [3.8, 4) is 0 Å². The highest BCUT2D eigenvalue weighted by Crippen LogP contribution is 2.10. The number of rotatable bonds is 0. The molecule has 4 heteroatoms. The zero-order chi connectivity index (χ0) is 11.1. The van der Waals surface area contributed by atoms with Crippen molar-refractivity contribution in [2.24, 2.45) is 0 Å². The van der Waals surface area contributed by atoms with Crippen LogP contribution in [-0.4, -0.2) is 10.4 Å². The number of nitrogens with zero attached hydrogens (tertiary/aromatic N) is 2. The number of fused-ring (bicyclic) bond motifs is 2. The number of hydrogen-bond acceptors (Lipinski definition) is 2. The van der Waals surface area contributed by atoms with Crippen molar-refractivity contribution < 1.29 is 19.9 Å². The third-order valence-corrected chi connectivity index (χ3v) is 2.68. The highest BCUT2D eigenvalue weighted by atomic mass is 16.5. The molecule has 78 valence electrons. The number of benzene rings is 2. The first-order valence-corrected chi connectivity index (χ1v) is 4.95. The summed E-state index contributed by atoms with van der Waals surface area (Å²) in [5.74, 6) is 0. The van der Waals surface area contributed by atoms with Crippen molar-refractivity contribution in [3.05, 3.63) is 48.5 Å². The fourth-order valence-electron chi connectivity index (χ4n) is 1.90. The Balaban J connectivity index is 2.67. The van der Waals surface area contributed by atoms with Crippen LogP contribution in [0.3, 0.4) is 0 Å². The lowest BCUT2D eigenvalue weighted by Gasteiger charge is -1.94. The molecule has 2 aromatic carbocycles. The van der Waals surface area contributed by atoms with Gasteiger partial charge in [0.05, 0.1) is 0 Å². The quantitative estimate of drug-likeness (QED) is 0.334. The molecule has 0 saturated heterocycles. The van der Waals surface area contributed by atoms with Gasteiger partial charge in [-0.05, 0) is 0 Å². The Kier molecular flexibility index (Phi) is 1.71. The first-order chi connectivity index (χ1) is 7.79. The SMILES string of the molecule is O[n+]1c2ccccc2[n+](O)c2ccccc21. The van der Waals surface area contributed by atoms with Crippen LogP contribution in [0.4, 0.5) is 0 Å². The van der Waals surface area contributed by atoms with Gasteiger partial charge in [0, 0.05) is 33.7 Å². The van der Waals surface area contributed by atoms with E-state index in [4.69, 9.17) is 0 Å². The smallest absolute Gasteiger partial charge is 0.283 e. The molecule has 0 bridgehead atoms. The highest BCUT2D eigenvalue weighted by molar-refractivity contribution is 5.75. The van der Waals surface area contributed by atoms with E-state index in [1.807, 2.05) is 24.3 Å². The summed E-state index contributed by atoms with van der Waals surface area (Å²) in [4.78, 5) is 0. The molecule has 0 aliphatic rings. The summed E-state index contributed by atoms with van der Waals surface area (Å²) in [7, 11) is 0. The largest absolute Gasteiger partial charge is 0.333 e. The summed E-state index contributed by atoms with van der Waals surface area (Å²) < 4.78 is 2.16. The Labute approximate surface area is 91.2 Å². The normalized spacial score (nSPS) is 11.0. The zero-order valence-corrected chi connectivity index (χ0v) is 8.41. The lowest BCUT2D eigenvalue weighted by molar-refractivity contribution is -0.894. The second-order valence-corrected chi connectivity index (χ2v) is 3.60. The Morgan fingerprint density at radius 3 is 1.06 bits per heavy atom. The number of para-hydroxylation sites is 4. The van der Waals surface area contributed by atoms with Gasteiger partial charge in [0.25, 0.3) is 0 Å². The van der Waals surface area contributed by atoms with Crippen LogP contribution in [0, 0.1) is 0 Å². The van der Waals surface area contributed by atoms with E-state index < -0.39 is 0 Å². The second kappa shape index (κ2) is 3.06. The van der Waals surface area contributed by atoms with E-state index in [0.29, 0.717) is 22.1 Å². The molecular formula is C12H10N2O2+2. The van der Waals surface area contributed by atoms with Crippen LogP contribution >= 0.6 is 0 Å². The zero-order valence-electron chi connectivity index (χ0n) is 8.41. The lowest BCUT2D eigenvalue weighted by Crippen LogP contribution is -2.42. The summed E-state index contributed by atoms with van der Waals surface area (Å²) in [6, 6.07) is 14.2. The van der Waals surface area contributed by atoms with Gasteiger partial charge in [-0.3, -0.25) is 10.4 Å². The summed E-state index contributed by atoms with van der Waals surface area (Å²) in [6.07, 6.45) is 0. The van der Waals surface area contributed by atoms with Crippen LogP contribution in [0.1, 0.15) is 0 Å². The van der Waals surface area contributed by atoms with Gasteiger partial charge in [0.1, 0.15) is 0 Å². The molecule has 0 amide bonds. The average Bonchev–Trinajstić information content (AvgIpc) is 2.36. The van der Waals surface area contributed by atoms with Gasteiger partial charge < -0.3 is 0 Å². The summed E-state index contributed by atoms with van der Waals surface area (Å²) in [5, 5.41) is 20.1. The summed E-state index contributed by atoms with van der Waals surface area (Å²) in [6.45, 7) is 0. The predicted molar refractivity (Wildman–Crippen MR) is 56.2 cm³/mol. The Morgan fingerprint density at radius 1 is 0.562 bits per heavy atom. The van der Waals surface area contributed by atoms with E-state index in [0.717, 1.165) is 9.46 Å². The van der Waals surface area contributed by atoms with Crippen molar-refractivity contribution in [3.63, 3.8) is 0 Å². The number of aromatic nitrogens is 2. The Bertz CT molecular complexity index is 578. The van der Waals surface area contributed by atoms with Crippen molar-refractivity contribution >= 4 is 22.1 Å². The Morgan fingerprint density at radius 2 is 0.812 bits per heavy atom. The van der Waals surface area contributed by atoms with Crippen molar-refractivity contribution in [2.45, 2.75) is 0 Å². The molecule has 0 saturated carbocycles. The van der Waals surface area contributed by atoms with Crippen molar-refractivity contribution in [1.82, 2.24) is 0 Å². The minimum atomic E-state index is 0.559. The molecule has 0 radical (unpaired) electrons. The standard InChI is InChI=1S/C12H10N2O2/c15-13-9-5-1-2-6-10(9)14(16)12-8-4-3-7-11(12)13/h1-8,15-16H/q+2. The predicted octanol–water partition coefficient (Wildman–Crippen LogP) is 1.04. The minimum absolute atomic E-state index is 0.559.